The summed E-state index contributed by atoms with van der Waals surface area (Å²) >= 11 is 0. The summed E-state index contributed by atoms with van der Waals surface area (Å²) in [6, 6.07) is 20.9. The van der Waals surface area contributed by atoms with Gasteiger partial charge in [-0.25, -0.2) is 0 Å². The van der Waals surface area contributed by atoms with Crippen LogP contribution in [0.3, 0.4) is 0 Å². The van der Waals surface area contributed by atoms with E-state index in [9.17, 15) is 14.4 Å². The fraction of sp³-hybridized carbons (Fsp3) is 0.125. The molecule has 3 rings (SSSR count). The van der Waals surface area contributed by atoms with Gasteiger partial charge in [-0.3, -0.25) is 14.4 Å². The van der Waals surface area contributed by atoms with Gasteiger partial charge >= 0.3 is 0 Å². The van der Waals surface area contributed by atoms with Crippen molar-refractivity contribution in [1.82, 2.24) is 5.32 Å². The molecular formula is C24H23N3O5. The minimum Gasteiger partial charge on any atom is -0.493 e. The van der Waals surface area contributed by atoms with Gasteiger partial charge in [0.2, 0.25) is 5.91 Å². The van der Waals surface area contributed by atoms with Gasteiger partial charge in [0.25, 0.3) is 11.8 Å². The van der Waals surface area contributed by atoms with Crippen LogP contribution in [-0.4, -0.2) is 31.4 Å². The zero-order valence-electron chi connectivity index (χ0n) is 17.5. The van der Waals surface area contributed by atoms with Gasteiger partial charge in [-0.15, -0.1) is 0 Å². The third-order valence-electron chi connectivity index (χ3n) is 4.49. The Balaban J connectivity index is 1.63. The first kappa shape index (κ1) is 22.4. The van der Waals surface area contributed by atoms with Crippen LogP contribution in [0.25, 0.3) is 0 Å². The molecule has 0 fully saturated rings. The first-order chi connectivity index (χ1) is 15.5. The van der Waals surface area contributed by atoms with Crippen molar-refractivity contribution in [2.75, 3.05) is 19.0 Å². The number of rotatable bonds is 9. The number of carbonyl (C=O) groups is 3. The lowest BCUT2D eigenvalue weighted by molar-refractivity contribution is -0.117. The normalized spacial score (nSPS) is 10.2. The molecule has 8 nitrogen and oxygen atoms in total. The topological polar surface area (TPSA) is 120 Å². The summed E-state index contributed by atoms with van der Waals surface area (Å²) in [6.07, 6.45) is 0. The zero-order chi connectivity index (χ0) is 22.9. The van der Waals surface area contributed by atoms with E-state index in [2.05, 4.69) is 10.6 Å². The van der Waals surface area contributed by atoms with E-state index >= 15 is 0 Å². The van der Waals surface area contributed by atoms with Gasteiger partial charge in [0.15, 0.2) is 11.5 Å². The summed E-state index contributed by atoms with van der Waals surface area (Å²) in [5.41, 5.74) is 7.25. The average Bonchev–Trinajstić information content (AvgIpc) is 2.82. The molecule has 4 N–H and O–H groups in total. The number of carbonyl (C=O) groups excluding carboxylic acids is 3. The van der Waals surface area contributed by atoms with E-state index in [1.165, 1.54) is 19.2 Å². The molecule has 0 aliphatic heterocycles. The van der Waals surface area contributed by atoms with E-state index in [1.807, 2.05) is 30.3 Å². The van der Waals surface area contributed by atoms with E-state index in [0.29, 0.717) is 34.9 Å². The van der Waals surface area contributed by atoms with Crippen LogP contribution in [0.1, 0.15) is 26.3 Å². The van der Waals surface area contributed by atoms with Crippen LogP contribution in [-0.2, 0) is 11.4 Å². The molecule has 0 aliphatic carbocycles. The SMILES string of the molecule is COc1cc(C(=O)Nc2ccc(C(=O)NCC(N)=O)cc2)ccc1OCc1ccccc1. The number of methoxy groups -OCH3 is 1. The lowest BCUT2D eigenvalue weighted by atomic mass is 10.1. The highest BCUT2D eigenvalue weighted by Crippen LogP contribution is 2.29. The van der Waals surface area contributed by atoms with Gasteiger partial charge in [-0.05, 0) is 48.0 Å². The summed E-state index contributed by atoms with van der Waals surface area (Å²) in [6.45, 7) is 0.131. The maximum atomic E-state index is 12.6. The number of benzene rings is 3. The first-order valence-corrected chi connectivity index (χ1v) is 9.79. The van der Waals surface area contributed by atoms with E-state index in [0.717, 1.165) is 5.56 Å². The molecule has 0 radical (unpaired) electrons. The molecule has 8 heteroatoms. The Bertz CT molecular complexity index is 1100. The first-order valence-electron chi connectivity index (χ1n) is 9.79. The fourth-order valence-corrected chi connectivity index (χ4v) is 2.84. The smallest absolute Gasteiger partial charge is 0.255 e. The van der Waals surface area contributed by atoms with E-state index in [1.54, 1.807) is 30.3 Å². The Morgan fingerprint density at radius 3 is 2.19 bits per heavy atom. The number of anilines is 1. The number of amides is 3. The number of nitrogens with one attached hydrogen (secondary N) is 2. The number of hydrogen-bond donors (Lipinski definition) is 3. The van der Waals surface area contributed by atoms with Gasteiger partial charge in [-0.1, -0.05) is 30.3 Å². The largest absolute Gasteiger partial charge is 0.493 e. The number of hydrogen-bond acceptors (Lipinski definition) is 5. The second-order valence-corrected chi connectivity index (χ2v) is 6.82. The predicted molar refractivity (Wildman–Crippen MR) is 120 cm³/mol. The molecule has 32 heavy (non-hydrogen) atoms. The van der Waals surface area contributed by atoms with Crippen LogP contribution >= 0.6 is 0 Å². The second kappa shape index (κ2) is 10.6. The van der Waals surface area contributed by atoms with Gasteiger partial charge in [0, 0.05) is 16.8 Å². The van der Waals surface area contributed by atoms with E-state index < -0.39 is 11.8 Å². The highest BCUT2D eigenvalue weighted by molar-refractivity contribution is 6.05. The predicted octanol–water partition coefficient (Wildman–Crippen LogP) is 2.74. The highest BCUT2D eigenvalue weighted by Gasteiger charge is 2.13. The minimum absolute atomic E-state index is 0.246. The molecule has 0 spiro atoms. The molecule has 0 saturated heterocycles. The third kappa shape index (κ3) is 6.09. The Labute approximate surface area is 185 Å². The number of ether oxygens (including phenoxy) is 2. The van der Waals surface area contributed by atoms with Crippen molar-refractivity contribution >= 4 is 23.4 Å². The molecule has 164 valence electrons. The van der Waals surface area contributed by atoms with Gasteiger partial charge < -0.3 is 25.8 Å². The van der Waals surface area contributed by atoms with Crippen LogP contribution in [0.5, 0.6) is 11.5 Å². The fourth-order valence-electron chi connectivity index (χ4n) is 2.84. The van der Waals surface area contributed by atoms with Crippen LogP contribution in [0.15, 0.2) is 72.8 Å². The van der Waals surface area contributed by atoms with Gasteiger partial charge in [0.05, 0.1) is 13.7 Å². The molecule has 0 atom stereocenters. The van der Waals surface area contributed by atoms with Crippen molar-refractivity contribution in [2.45, 2.75) is 6.61 Å². The molecule has 3 aromatic carbocycles. The van der Waals surface area contributed by atoms with Crippen LogP contribution in [0, 0.1) is 0 Å². The molecule has 0 heterocycles. The second-order valence-electron chi connectivity index (χ2n) is 6.82. The molecule has 3 aromatic rings. The molecule has 0 aromatic heterocycles. The van der Waals surface area contributed by atoms with Crippen molar-refractivity contribution in [3.05, 3.63) is 89.5 Å². The summed E-state index contributed by atoms with van der Waals surface area (Å²) in [7, 11) is 1.51. The molecule has 0 saturated carbocycles. The number of nitrogens with two attached hydrogens (primary N) is 1. The Kier molecular flexibility index (Phi) is 7.42. The molecule has 0 aliphatic rings. The molecular weight excluding hydrogens is 410 g/mol. The molecule has 3 amide bonds. The summed E-state index contributed by atoms with van der Waals surface area (Å²) in [4.78, 5) is 35.3. The van der Waals surface area contributed by atoms with Crippen molar-refractivity contribution in [3.63, 3.8) is 0 Å². The van der Waals surface area contributed by atoms with Gasteiger partial charge in [-0.2, -0.15) is 0 Å². The Hall–Kier alpha value is -4.33. The summed E-state index contributed by atoms with van der Waals surface area (Å²) in [5.74, 6) is -0.440. The molecule has 0 unspecified atom stereocenters. The lowest BCUT2D eigenvalue weighted by Gasteiger charge is -2.13. The summed E-state index contributed by atoms with van der Waals surface area (Å²) < 4.78 is 11.2. The van der Waals surface area contributed by atoms with Crippen LogP contribution in [0.2, 0.25) is 0 Å². The Morgan fingerprint density at radius 1 is 0.844 bits per heavy atom. The van der Waals surface area contributed by atoms with Crippen molar-refractivity contribution < 1.29 is 23.9 Å². The highest BCUT2D eigenvalue weighted by atomic mass is 16.5. The Morgan fingerprint density at radius 2 is 1.53 bits per heavy atom. The molecule has 0 bridgehead atoms. The average molecular weight is 433 g/mol. The van der Waals surface area contributed by atoms with Crippen molar-refractivity contribution in [1.29, 1.82) is 0 Å². The van der Waals surface area contributed by atoms with Crippen molar-refractivity contribution in [2.24, 2.45) is 5.73 Å². The van der Waals surface area contributed by atoms with E-state index in [4.69, 9.17) is 15.2 Å². The summed E-state index contributed by atoms with van der Waals surface area (Å²) in [5, 5.41) is 5.16. The maximum absolute atomic E-state index is 12.6. The van der Waals surface area contributed by atoms with Crippen LogP contribution < -0.4 is 25.8 Å². The van der Waals surface area contributed by atoms with Crippen molar-refractivity contribution in [3.8, 4) is 11.5 Å². The van der Waals surface area contributed by atoms with Crippen LogP contribution in [0.4, 0.5) is 5.69 Å². The maximum Gasteiger partial charge on any atom is 0.255 e. The minimum atomic E-state index is -0.630. The standard InChI is InChI=1S/C24H23N3O5/c1-31-21-13-18(9-12-20(21)32-15-16-5-3-2-4-6-16)24(30)27-19-10-7-17(8-11-19)23(29)26-14-22(25)28/h2-13H,14-15H2,1H3,(H2,25,28)(H,26,29)(H,27,30). The zero-order valence-corrected chi connectivity index (χ0v) is 17.5. The quantitative estimate of drug-likeness (QED) is 0.479. The monoisotopic (exact) mass is 433 g/mol. The van der Waals surface area contributed by atoms with Gasteiger partial charge in [0.1, 0.15) is 6.61 Å². The van der Waals surface area contributed by atoms with E-state index in [-0.39, 0.29) is 12.5 Å². The lowest BCUT2D eigenvalue weighted by Crippen LogP contribution is -2.33. The third-order valence-corrected chi connectivity index (χ3v) is 4.49. The number of primary amides is 1.